The molecular weight excluding hydrogens is 200 g/mol. The Balaban J connectivity index is 2.18. The van der Waals surface area contributed by atoms with Crippen molar-refractivity contribution < 1.29 is 0 Å². The summed E-state index contributed by atoms with van der Waals surface area (Å²) < 4.78 is 1.90. The van der Waals surface area contributed by atoms with Crippen LogP contribution in [0.4, 0.5) is 0 Å². The van der Waals surface area contributed by atoms with Crippen LogP contribution in [0.25, 0.3) is 0 Å². The molecule has 0 saturated carbocycles. The largest absolute Gasteiger partial charge is 0.319 e. The number of likely N-dealkylation sites (tertiary alicyclic amines) is 1. The number of aromatic nitrogens is 2. The molecular formula is C12H22N4. The molecule has 2 rings (SSSR count). The smallest absolute Gasteiger partial charge is 0.0537 e. The van der Waals surface area contributed by atoms with E-state index in [9.17, 15) is 0 Å². The van der Waals surface area contributed by atoms with Gasteiger partial charge in [0.05, 0.1) is 6.20 Å². The van der Waals surface area contributed by atoms with Gasteiger partial charge in [0, 0.05) is 24.8 Å². The Kier molecular flexibility index (Phi) is 3.61. The van der Waals surface area contributed by atoms with Gasteiger partial charge in [0.15, 0.2) is 0 Å². The zero-order valence-electron chi connectivity index (χ0n) is 10.5. The van der Waals surface area contributed by atoms with Gasteiger partial charge in [-0.25, -0.2) is 0 Å². The molecule has 0 amide bonds. The van der Waals surface area contributed by atoms with Crippen LogP contribution in [0.2, 0.25) is 0 Å². The summed E-state index contributed by atoms with van der Waals surface area (Å²) in [6, 6.07) is 0.523. The van der Waals surface area contributed by atoms with Gasteiger partial charge >= 0.3 is 0 Å². The van der Waals surface area contributed by atoms with Crippen molar-refractivity contribution in [2.75, 3.05) is 27.2 Å². The van der Waals surface area contributed by atoms with Crippen molar-refractivity contribution in [2.24, 2.45) is 13.0 Å². The Labute approximate surface area is 97.6 Å². The van der Waals surface area contributed by atoms with Crippen LogP contribution in [0.1, 0.15) is 24.4 Å². The zero-order chi connectivity index (χ0) is 11.5. The summed E-state index contributed by atoms with van der Waals surface area (Å²) in [5.74, 6) is 0.702. The molecule has 1 aromatic rings. The Morgan fingerprint density at radius 2 is 2.31 bits per heavy atom. The third-order valence-electron chi connectivity index (χ3n) is 3.54. The minimum atomic E-state index is 0.523. The molecule has 4 nitrogen and oxygen atoms in total. The van der Waals surface area contributed by atoms with E-state index in [1.807, 2.05) is 25.0 Å². The molecule has 2 atom stereocenters. The maximum absolute atomic E-state index is 4.29. The number of piperidine rings is 1. The van der Waals surface area contributed by atoms with Gasteiger partial charge in [-0.3, -0.25) is 9.58 Å². The van der Waals surface area contributed by atoms with E-state index in [1.54, 1.807) is 0 Å². The molecule has 0 aliphatic carbocycles. The van der Waals surface area contributed by atoms with E-state index in [1.165, 1.54) is 24.9 Å². The fourth-order valence-electron chi connectivity index (χ4n) is 2.86. The highest BCUT2D eigenvalue weighted by atomic mass is 15.2. The third-order valence-corrected chi connectivity index (χ3v) is 3.54. The normalized spacial score (nSPS) is 27.2. The van der Waals surface area contributed by atoms with Crippen LogP contribution in [-0.4, -0.2) is 41.9 Å². The molecule has 1 aromatic heterocycles. The summed E-state index contributed by atoms with van der Waals surface area (Å²) in [5, 5.41) is 7.60. The summed E-state index contributed by atoms with van der Waals surface area (Å²) in [6.45, 7) is 2.28. The van der Waals surface area contributed by atoms with Crippen molar-refractivity contribution in [3.05, 3.63) is 18.0 Å². The van der Waals surface area contributed by atoms with Gasteiger partial charge in [0.1, 0.15) is 0 Å². The highest BCUT2D eigenvalue weighted by molar-refractivity contribution is 5.13. The predicted molar refractivity (Wildman–Crippen MR) is 65.2 cm³/mol. The summed E-state index contributed by atoms with van der Waals surface area (Å²) >= 11 is 0. The van der Waals surface area contributed by atoms with Crippen molar-refractivity contribution in [1.29, 1.82) is 0 Å². The first-order valence-electron chi connectivity index (χ1n) is 6.05. The van der Waals surface area contributed by atoms with Gasteiger partial charge in [-0.1, -0.05) is 0 Å². The Morgan fingerprint density at radius 1 is 1.50 bits per heavy atom. The maximum Gasteiger partial charge on any atom is 0.0537 e. The predicted octanol–water partition coefficient (Wildman–Crippen LogP) is 1.02. The highest BCUT2D eigenvalue weighted by Gasteiger charge is 2.30. The van der Waals surface area contributed by atoms with E-state index in [0.29, 0.717) is 12.0 Å². The number of nitrogens with zero attached hydrogens (tertiary/aromatic N) is 3. The second-order valence-corrected chi connectivity index (χ2v) is 4.83. The lowest BCUT2D eigenvalue weighted by atomic mass is 9.86. The minimum absolute atomic E-state index is 0.523. The fraction of sp³-hybridized carbons (Fsp3) is 0.750. The summed E-state index contributed by atoms with van der Waals surface area (Å²) in [4.78, 5) is 2.46. The van der Waals surface area contributed by atoms with Gasteiger partial charge in [-0.15, -0.1) is 0 Å². The fourth-order valence-corrected chi connectivity index (χ4v) is 2.86. The molecule has 1 fully saturated rings. The monoisotopic (exact) mass is 222 g/mol. The molecule has 0 spiro atoms. The van der Waals surface area contributed by atoms with E-state index < -0.39 is 0 Å². The molecule has 90 valence electrons. The topological polar surface area (TPSA) is 33.1 Å². The van der Waals surface area contributed by atoms with E-state index in [-0.39, 0.29) is 0 Å². The number of hydrogen-bond donors (Lipinski definition) is 1. The first-order chi connectivity index (χ1) is 7.72. The third kappa shape index (κ3) is 2.28. The van der Waals surface area contributed by atoms with Crippen LogP contribution in [0.5, 0.6) is 0 Å². The van der Waals surface area contributed by atoms with Gasteiger partial charge in [0.2, 0.25) is 0 Å². The van der Waals surface area contributed by atoms with E-state index in [4.69, 9.17) is 0 Å². The maximum atomic E-state index is 4.29. The van der Waals surface area contributed by atoms with Gasteiger partial charge in [-0.05, 0) is 45.9 Å². The number of nitrogens with one attached hydrogen (secondary N) is 1. The van der Waals surface area contributed by atoms with Crippen LogP contribution in [0, 0.1) is 5.92 Å². The van der Waals surface area contributed by atoms with Crippen molar-refractivity contribution in [2.45, 2.75) is 18.9 Å². The van der Waals surface area contributed by atoms with Crippen LogP contribution in [0.3, 0.4) is 0 Å². The Hall–Kier alpha value is -0.870. The van der Waals surface area contributed by atoms with Gasteiger partial charge in [0.25, 0.3) is 0 Å². The van der Waals surface area contributed by atoms with E-state index in [0.717, 1.165) is 6.54 Å². The summed E-state index contributed by atoms with van der Waals surface area (Å²) in [6.07, 6.45) is 6.77. The van der Waals surface area contributed by atoms with Crippen molar-refractivity contribution >= 4 is 0 Å². The Bertz CT molecular complexity index is 332. The second-order valence-electron chi connectivity index (χ2n) is 4.83. The zero-order valence-corrected chi connectivity index (χ0v) is 10.5. The van der Waals surface area contributed by atoms with Crippen LogP contribution in [-0.2, 0) is 7.05 Å². The molecule has 2 heterocycles. The molecule has 1 aliphatic rings. The lowest BCUT2D eigenvalue weighted by molar-refractivity contribution is 0.121. The number of rotatable bonds is 3. The lowest BCUT2D eigenvalue weighted by Gasteiger charge is -2.38. The first-order valence-corrected chi connectivity index (χ1v) is 6.05. The van der Waals surface area contributed by atoms with Gasteiger partial charge in [-0.2, -0.15) is 5.10 Å². The summed E-state index contributed by atoms with van der Waals surface area (Å²) in [5.41, 5.74) is 1.35. The van der Waals surface area contributed by atoms with E-state index >= 15 is 0 Å². The van der Waals surface area contributed by atoms with Crippen molar-refractivity contribution in [3.63, 3.8) is 0 Å². The number of hydrogen-bond acceptors (Lipinski definition) is 3. The second kappa shape index (κ2) is 4.97. The van der Waals surface area contributed by atoms with Gasteiger partial charge < -0.3 is 5.32 Å². The van der Waals surface area contributed by atoms with Crippen molar-refractivity contribution in [3.8, 4) is 0 Å². The average molecular weight is 222 g/mol. The molecule has 0 aromatic carbocycles. The molecule has 2 unspecified atom stereocenters. The highest BCUT2D eigenvalue weighted by Crippen LogP contribution is 2.34. The standard InChI is InChI=1S/C12H22N4/c1-13-7-10-5-4-6-15(2)12(10)11-8-14-16(3)9-11/h8-10,12-13H,4-7H2,1-3H3. The van der Waals surface area contributed by atoms with Crippen LogP contribution >= 0.6 is 0 Å². The molecule has 1 saturated heterocycles. The molecule has 16 heavy (non-hydrogen) atoms. The SMILES string of the molecule is CNCC1CCCN(C)C1c1cnn(C)c1. The van der Waals surface area contributed by atoms with Crippen molar-refractivity contribution in [1.82, 2.24) is 20.0 Å². The lowest BCUT2D eigenvalue weighted by Crippen LogP contribution is -2.39. The minimum Gasteiger partial charge on any atom is -0.319 e. The van der Waals surface area contributed by atoms with E-state index in [2.05, 4.69) is 28.6 Å². The molecule has 1 aliphatic heterocycles. The number of aryl methyl sites for hydroxylation is 1. The summed E-state index contributed by atoms with van der Waals surface area (Å²) in [7, 11) is 6.24. The molecule has 0 bridgehead atoms. The Morgan fingerprint density at radius 3 is 2.94 bits per heavy atom. The average Bonchev–Trinajstić information content (AvgIpc) is 2.65. The molecule has 0 radical (unpaired) electrons. The van der Waals surface area contributed by atoms with Crippen LogP contribution < -0.4 is 5.32 Å². The first kappa shape index (κ1) is 11.6. The molecule has 1 N–H and O–H groups in total. The molecule has 4 heteroatoms. The van der Waals surface area contributed by atoms with Crippen LogP contribution in [0.15, 0.2) is 12.4 Å². The quantitative estimate of drug-likeness (QED) is 0.829.